The summed E-state index contributed by atoms with van der Waals surface area (Å²) in [6, 6.07) is 12.0. The lowest BCUT2D eigenvalue weighted by atomic mass is 10.2. The van der Waals surface area contributed by atoms with Crippen LogP contribution in [0.1, 0.15) is 30.2 Å². The number of hydrogen-bond acceptors (Lipinski definition) is 3. The highest BCUT2D eigenvalue weighted by Crippen LogP contribution is 2.24. The molecule has 0 aliphatic carbocycles. The second-order valence-electron chi connectivity index (χ2n) is 6.21. The summed E-state index contributed by atoms with van der Waals surface area (Å²) in [6.07, 6.45) is 4.24. The van der Waals surface area contributed by atoms with Gasteiger partial charge in [-0.3, -0.25) is 9.89 Å². The molecule has 0 radical (unpaired) electrons. The Kier molecular flexibility index (Phi) is 6.36. The second-order valence-corrected chi connectivity index (χ2v) is 6.64. The van der Waals surface area contributed by atoms with Crippen molar-refractivity contribution in [3.05, 3.63) is 59.0 Å². The number of furan rings is 1. The molecule has 0 saturated carbocycles. The first kappa shape index (κ1) is 17.8. The van der Waals surface area contributed by atoms with Crippen molar-refractivity contribution in [2.75, 3.05) is 26.7 Å². The SMILES string of the molecule is CN=C(NCc1ccc(Cl)cc1)NCC(c1ccco1)N1CCCC1. The van der Waals surface area contributed by atoms with Crippen molar-refractivity contribution in [3.8, 4) is 0 Å². The lowest BCUT2D eigenvalue weighted by Crippen LogP contribution is -2.42. The summed E-state index contributed by atoms with van der Waals surface area (Å²) in [6.45, 7) is 3.69. The fourth-order valence-electron chi connectivity index (χ4n) is 3.15. The molecule has 2 heterocycles. The van der Waals surface area contributed by atoms with Crippen LogP contribution >= 0.6 is 11.6 Å². The van der Waals surface area contributed by atoms with Gasteiger partial charge in [-0.25, -0.2) is 0 Å². The van der Waals surface area contributed by atoms with E-state index >= 15 is 0 Å². The molecule has 1 aliphatic rings. The molecule has 1 aromatic heterocycles. The lowest BCUT2D eigenvalue weighted by molar-refractivity contribution is 0.215. The Bertz CT molecular complexity index is 663. The van der Waals surface area contributed by atoms with Crippen molar-refractivity contribution in [2.24, 2.45) is 4.99 Å². The number of aliphatic imine (C=N–C) groups is 1. The molecule has 1 saturated heterocycles. The van der Waals surface area contributed by atoms with E-state index in [1.807, 2.05) is 30.3 Å². The minimum absolute atomic E-state index is 0.228. The van der Waals surface area contributed by atoms with Crippen LogP contribution in [0.3, 0.4) is 0 Å². The highest BCUT2D eigenvalue weighted by atomic mass is 35.5. The predicted molar refractivity (Wildman–Crippen MR) is 102 cm³/mol. The number of halogens is 1. The molecular weight excluding hydrogens is 336 g/mol. The van der Waals surface area contributed by atoms with Crippen molar-refractivity contribution >= 4 is 17.6 Å². The van der Waals surface area contributed by atoms with Crippen LogP contribution in [0, 0.1) is 0 Å². The molecule has 5 nitrogen and oxygen atoms in total. The van der Waals surface area contributed by atoms with E-state index in [1.165, 1.54) is 12.8 Å². The van der Waals surface area contributed by atoms with Crippen LogP contribution in [0.5, 0.6) is 0 Å². The fraction of sp³-hybridized carbons (Fsp3) is 0.421. The molecule has 0 amide bonds. The summed E-state index contributed by atoms with van der Waals surface area (Å²) in [5.74, 6) is 1.79. The van der Waals surface area contributed by atoms with Gasteiger partial charge in [0.2, 0.25) is 0 Å². The zero-order chi connectivity index (χ0) is 17.5. The van der Waals surface area contributed by atoms with E-state index in [9.17, 15) is 0 Å². The van der Waals surface area contributed by atoms with Crippen LogP contribution in [0.4, 0.5) is 0 Å². The fourth-order valence-corrected chi connectivity index (χ4v) is 3.27. The molecule has 1 unspecified atom stereocenters. The molecular formula is C19H25ClN4O. The Balaban J connectivity index is 1.55. The van der Waals surface area contributed by atoms with Gasteiger partial charge in [-0.2, -0.15) is 0 Å². The zero-order valence-electron chi connectivity index (χ0n) is 14.5. The van der Waals surface area contributed by atoms with Gasteiger partial charge in [-0.1, -0.05) is 23.7 Å². The highest BCUT2D eigenvalue weighted by molar-refractivity contribution is 6.30. The minimum atomic E-state index is 0.228. The maximum Gasteiger partial charge on any atom is 0.191 e. The Hall–Kier alpha value is -1.98. The molecule has 3 rings (SSSR count). The molecule has 1 atom stereocenters. The van der Waals surface area contributed by atoms with Gasteiger partial charge in [0.1, 0.15) is 5.76 Å². The van der Waals surface area contributed by atoms with Crippen molar-refractivity contribution in [1.82, 2.24) is 15.5 Å². The summed E-state index contributed by atoms with van der Waals surface area (Å²) >= 11 is 5.93. The summed E-state index contributed by atoms with van der Waals surface area (Å²) in [7, 11) is 1.79. The average Bonchev–Trinajstić information content (AvgIpc) is 3.33. The maximum absolute atomic E-state index is 5.93. The normalized spacial score (nSPS) is 16.8. The van der Waals surface area contributed by atoms with Crippen LogP contribution in [0.25, 0.3) is 0 Å². The van der Waals surface area contributed by atoms with E-state index in [2.05, 4.69) is 26.6 Å². The van der Waals surface area contributed by atoms with Gasteiger partial charge in [0.25, 0.3) is 0 Å². The van der Waals surface area contributed by atoms with E-state index in [4.69, 9.17) is 16.0 Å². The van der Waals surface area contributed by atoms with Crippen LogP contribution in [-0.2, 0) is 6.54 Å². The standard InChI is InChI=1S/C19H25ClN4O/c1-21-19(22-13-15-6-8-16(20)9-7-15)23-14-17(18-5-4-12-25-18)24-10-2-3-11-24/h4-9,12,17H,2-3,10-11,13-14H2,1H3,(H2,21,22,23). The molecule has 1 aromatic carbocycles. The van der Waals surface area contributed by atoms with Crippen LogP contribution in [0.2, 0.25) is 5.02 Å². The molecule has 0 spiro atoms. The Morgan fingerprint density at radius 2 is 1.96 bits per heavy atom. The van der Waals surface area contributed by atoms with Gasteiger partial charge in [0, 0.05) is 25.2 Å². The van der Waals surface area contributed by atoms with Gasteiger partial charge in [0.05, 0.1) is 12.3 Å². The Morgan fingerprint density at radius 1 is 1.20 bits per heavy atom. The number of nitrogens with one attached hydrogen (secondary N) is 2. The van der Waals surface area contributed by atoms with Gasteiger partial charge in [-0.05, 0) is 55.8 Å². The van der Waals surface area contributed by atoms with E-state index < -0.39 is 0 Å². The maximum atomic E-state index is 5.93. The van der Waals surface area contributed by atoms with Gasteiger partial charge in [0.15, 0.2) is 5.96 Å². The molecule has 0 bridgehead atoms. The quantitative estimate of drug-likeness (QED) is 0.612. The predicted octanol–water partition coefficient (Wildman–Crippen LogP) is 3.44. The number of nitrogens with zero attached hydrogens (tertiary/aromatic N) is 2. The summed E-state index contributed by atoms with van der Waals surface area (Å²) in [4.78, 5) is 6.79. The summed E-state index contributed by atoms with van der Waals surface area (Å²) in [5, 5.41) is 7.52. The third kappa shape index (κ3) is 5.00. The number of benzene rings is 1. The molecule has 2 N–H and O–H groups in total. The third-order valence-corrected chi connectivity index (χ3v) is 4.76. The topological polar surface area (TPSA) is 52.8 Å². The average molecular weight is 361 g/mol. The monoisotopic (exact) mass is 360 g/mol. The first-order valence-corrected chi connectivity index (χ1v) is 9.10. The van der Waals surface area contributed by atoms with Crippen molar-refractivity contribution in [3.63, 3.8) is 0 Å². The first-order chi connectivity index (χ1) is 12.3. The first-order valence-electron chi connectivity index (χ1n) is 8.72. The summed E-state index contributed by atoms with van der Waals surface area (Å²) < 4.78 is 5.66. The highest BCUT2D eigenvalue weighted by Gasteiger charge is 2.25. The van der Waals surface area contributed by atoms with Crippen LogP contribution in [-0.4, -0.2) is 37.5 Å². The largest absolute Gasteiger partial charge is 0.468 e. The number of likely N-dealkylation sites (tertiary alicyclic amines) is 1. The second kappa shape index (κ2) is 8.92. The molecule has 25 heavy (non-hydrogen) atoms. The van der Waals surface area contributed by atoms with E-state index in [0.29, 0.717) is 6.54 Å². The zero-order valence-corrected chi connectivity index (χ0v) is 15.3. The van der Waals surface area contributed by atoms with Crippen molar-refractivity contribution in [2.45, 2.75) is 25.4 Å². The minimum Gasteiger partial charge on any atom is -0.468 e. The van der Waals surface area contributed by atoms with E-state index in [1.54, 1.807) is 13.3 Å². The molecule has 6 heteroatoms. The van der Waals surface area contributed by atoms with Crippen molar-refractivity contribution in [1.29, 1.82) is 0 Å². The molecule has 2 aromatic rings. The third-order valence-electron chi connectivity index (χ3n) is 4.51. The van der Waals surface area contributed by atoms with E-state index in [-0.39, 0.29) is 6.04 Å². The van der Waals surface area contributed by atoms with Gasteiger partial charge < -0.3 is 15.1 Å². The lowest BCUT2D eigenvalue weighted by Gasteiger charge is -2.26. The molecule has 1 fully saturated rings. The van der Waals surface area contributed by atoms with Gasteiger partial charge in [-0.15, -0.1) is 0 Å². The number of rotatable bonds is 6. The Labute approximate surface area is 154 Å². The number of guanidine groups is 1. The van der Waals surface area contributed by atoms with Crippen molar-refractivity contribution < 1.29 is 4.42 Å². The van der Waals surface area contributed by atoms with Gasteiger partial charge >= 0.3 is 0 Å². The van der Waals surface area contributed by atoms with Crippen LogP contribution < -0.4 is 10.6 Å². The number of hydrogen-bond donors (Lipinski definition) is 2. The summed E-state index contributed by atoms with van der Waals surface area (Å²) in [5.41, 5.74) is 1.16. The molecule has 134 valence electrons. The van der Waals surface area contributed by atoms with E-state index in [0.717, 1.165) is 41.9 Å². The molecule has 1 aliphatic heterocycles. The smallest absolute Gasteiger partial charge is 0.191 e. The Morgan fingerprint density at radius 3 is 2.60 bits per heavy atom. The van der Waals surface area contributed by atoms with Crippen LogP contribution in [0.15, 0.2) is 52.1 Å².